The molecule has 0 aromatic heterocycles. The maximum atomic E-state index is 13.1. The molecule has 0 bridgehead atoms. The van der Waals surface area contributed by atoms with Crippen LogP contribution < -0.4 is 0 Å². The smallest absolute Gasteiger partial charge is 0.339 e. The standard InChI is InChI=1S/C10H10ClFO2/c1-3-14-10(13)7-5-9(12)6(2)4-8(7)11/h4-5H,3H2,1-2H3. The minimum absolute atomic E-state index is 0.0663. The molecular formula is C10H10ClFO2. The van der Waals surface area contributed by atoms with E-state index in [0.717, 1.165) is 6.07 Å². The molecule has 0 radical (unpaired) electrons. The molecule has 0 aliphatic carbocycles. The number of benzene rings is 1. The lowest BCUT2D eigenvalue weighted by Gasteiger charge is -2.05. The van der Waals surface area contributed by atoms with Crippen molar-refractivity contribution >= 4 is 17.6 Å². The van der Waals surface area contributed by atoms with Crippen LogP contribution in [0.15, 0.2) is 12.1 Å². The molecule has 1 rings (SSSR count). The molecule has 0 unspecified atom stereocenters. The molecule has 0 aliphatic heterocycles. The molecule has 1 aromatic rings. The van der Waals surface area contributed by atoms with Crippen molar-refractivity contribution in [1.29, 1.82) is 0 Å². The van der Waals surface area contributed by atoms with E-state index in [9.17, 15) is 9.18 Å². The van der Waals surface area contributed by atoms with E-state index in [4.69, 9.17) is 16.3 Å². The highest BCUT2D eigenvalue weighted by molar-refractivity contribution is 6.33. The first-order valence-corrected chi connectivity index (χ1v) is 4.56. The Labute approximate surface area is 86.6 Å². The van der Waals surface area contributed by atoms with Gasteiger partial charge in [-0.15, -0.1) is 0 Å². The van der Waals surface area contributed by atoms with Gasteiger partial charge in [-0.25, -0.2) is 9.18 Å². The van der Waals surface area contributed by atoms with Gasteiger partial charge in [-0.05, 0) is 31.5 Å². The van der Waals surface area contributed by atoms with Crippen LogP contribution in [-0.4, -0.2) is 12.6 Å². The molecule has 0 amide bonds. The number of aryl methyl sites for hydroxylation is 1. The molecule has 0 saturated carbocycles. The van der Waals surface area contributed by atoms with E-state index in [0.29, 0.717) is 5.56 Å². The summed E-state index contributed by atoms with van der Waals surface area (Å²) in [6, 6.07) is 2.50. The molecule has 0 atom stereocenters. The zero-order valence-corrected chi connectivity index (χ0v) is 8.69. The number of esters is 1. The fourth-order valence-electron chi connectivity index (χ4n) is 1.01. The van der Waals surface area contributed by atoms with Gasteiger partial charge in [0.15, 0.2) is 0 Å². The predicted octanol–water partition coefficient (Wildman–Crippen LogP) is 2.96. The maximum absolute atomic E-state index is 13.1. The SMILES string of the molecule is CCOC(=O)c1cc(F)c(C)cc1Cl. The molecule has 4 heteroatoms. The van der Waals surface area contributed by atoms with E-state index >= 15 is 0 Å². The van der Waals surface area contributed by atoms with Gasteiger partial charge >= 0.3 is 5.97 Å². The Bertz CT molecular complexity index is 363. The maximum Gasteiger partial charge on any atom is 0.339 e. The van der Waals surface area contributed by atoms with Crippen LogP contribution in [0.1, 0.15) is 22.8 Å². The molecular weight excluding hydrogens is 207 g/mol. The van der Waals surface area contributed by atoms with Gasteiger partial charge in [0.05, 0.1) is 17.2 Å². The van der Waals surface area contributed by atoms with Crippen LogP contribution in [0.25, 0.3) is 0 Å². The molecule has 1 aromatic carbocycles. The number of hydrogen-bond donors (Lipinski definition) is 0. The fraction of sp³-hybridized carbons (Fsp3) is 0.300. The first-order valence-electron chi connectivity index (χ1n) is 4.19. The summed E-state index contributed by atoms with van der Waals surface area (Å²) < 4.78 is 17.8. The van der Waals surface area contributed by atoms with Crippen LogP contribution in [0.5, 0.6) is 0 Å². The Morgan fingerprint density at radius 1 is 1.57 bits per heavy atom. The van der Waals surface area contributed by atoms with Crippen LogP contribution in [0.2, 0.25) is 5.02 Å². The van der Waals surface area contributed by atoms with Crippen molar-refractivity contribution in [3.05, 3.63) is 34.1 Å². The molecule has 0 spiro atoms. The van der Waals surface area contributed by atoms with Gasteiger partial charge in [0.1, 0.15) is 5.82 Å². The Morgan fingerprint density at radius 2 is 2.21 bits per heavy atom. The van der Waals surface area contributed by atoms with Crippen molar-refractivity contribution in [3.63, 3.8) is 0 Å². The summed E-state index contributed by atoms with van der Waals surface area (Å²) in [5.74, 6) is -1.06. The zero-order chi connectivity index (χ0) is 10.7. The van der Waals surface area contributed by atoms with Crippen molar-refractivity contribution < 1.29 is 13.9 Å². The lowest BCUT2D eigenvalue weighted by atomic mass is 10.1. The zero-order valence-electron chi connectivity index (χ0n) is 7.93. The monoisotopic (exact) mass is 216 g/mol. The van der Waals surface area contributed by atoms with Crippen molar-refractivity contribution in [3.8, 4) is 0 Å². The van der Waals surface area contributed by atoms with Crippen molar-refractivity contribution in [1.82, 2.24) is 0 Å². The van der Waals surface area contributed by atoms with Gasteiger partial charge in [-0.1, -0.05) is 11.6 Å². The quantitative estimate of drug-likeness (QED) is 0.711. The van der Waals surface area contributed by atoms with Crippen LogP contribution in [-0.2, 0) is 4.74 Å². The Hall–Kier alpha value is -1.09. The summed E-state index contributed by atoms with van der Waals surface area (Å²) in [6.07, 6.45) is 0. The first kappa shape index (κ1) is 11.0. The topological polar surface area (TPSA) is 26.3 Å². The molecule has 14 heavy (non-hydrogen) atoms. The minimum atomic E-state index is -0.601. The Kier molecular flexibility index (Phi) is 3.47. The third-order valence-electron chi connectivity index (χ3n) is 1.74. The number of hydrogen-bond acceptors (Lipinski definition) is 2. The largest absolute Gasteiger partial charge is 0.462 e. The second-order valence-electron chi connectivity index (χ2n) is 2.80. The molecule has 0 N–H and O–H groups in total. The third kappa shape index (κ3) is 2.23. The van der Waals surface area contributed by atoms with Gasteiger partial charge in [-0.3, -0.25) is 0 Å². The lowest BCUT2D eigenvalue weighted by Crippen LogP contribution is -2.06. The van der Waals surface area contributed by atoms with Gasteiger partial charge in [0.25, 0.3) is 0 Å². The van der Waals surface area contributed by atoms with Gasteiger partial charge < -0.3 is 4.74 Å². The Morgan fingerprint density at radius 3 is 2.79 bits per heavy atom. The summed E-state index contributed by atoms with van der Waals surface area (Å²) in [6.45, 7) is 3.50. The van der Waals surface area contributed by atoms with Gasteiger partial charge in [0, 0.05) is 0 Å². The van der Waals surface area contributed by atoms with Gasteiger partial charge in [0.2, 0.25) is 0 Å². The summed E-state index contributed by atoms with van der Waals surface area (Å²) in [5.41, 5.74) is 0.472. The number of carbonyl (C=O) groups excluding carboxylic acids is 1. The second kappa shape index (κ2) is 4.42. The van der Waals surface area contributed by atoms with E-state index in [1.807, 2.05) is 0 Å². The van der Waals surface area contributed by atoms with E-state index in [1.54, 1.807) is 13.8 Å². The Balaban J connectivity index is 3.09. The summed E-state index contributed by atoms with van der Waals surface area (Å²) in [5, 5.41) is 0.211. The van der Waals surface area contributed by atoms with Crippen molar-refractivity contribution in [2.75, 3.05) is 6.61 Å². The highest BCUT2D eigenvalue weighted by Gasteiger charge is 2.13. The van der Waals surface area contributed by atoms with Crippen LogP contribution in [0.3, 0.4) is 0 Å². The molecule has 76 valence electrons. The highest BCUT2D eigenvalue weighted by Crippen LogP contribution is 2.21. The average Bonchev–Trinajstić information content (AvgIpc) is 2.11. The summed E-state index contributed by atoms with van der Waals surface area (Å²) in [7, 11) is 0. The fourth-order valence-corrected chi connectivity index (χ4v) is 1.31. The number of rotatable bonds is 2. The van der Waals surface area contributed by atoms with Crippen LogP contribution in [0.4, 0.5) is 4.39 Å². The lowest BCUT2D eigenvalue weighted by molar-refractivity contribution is 0.0526. The first-order chi connectivity index (χ1) is 6.56. The van der Waals surface area contributed by atoms with Gasteiger partial charge in [-0.2, -0.15) is 0 Å². The third-order valence-corrected chi connectivity index (χ3v) is 2.06. The van der Waals surface area contributed by atoms with Crippen LogP contribution in [0, 0.1) is 12.7 Å². The van der Waals surface area contributed by atoms with Crippen LogP contribution >= 0.6 is 11.6 Å². The van der Waals surface area contributed by atoms with Crippen molar-refractivity contribution in [2.45, 2.75) is 13.8 Å². The average molecular weight is 217 g/mol. The molecule has 0 heterocycles. The number of halogens is 2. The second-order valence-corrected chi connectivity index (χ2v) is 3.21. The summed E-state index contributed by atoms with van der Waals surface area (Å²) >= 11 is 5.76. The number of ether oxygens (including phenoxy) is 1. The normalized spacial score (nSPS) is 10.0. The van der Waals surface area contributed by atoms with E-state index in [1.165, 1.54) is 6.07 Å². The molecule has 2 nitrogen and oxygen atoms in total. The number of carbonyl (C=O) groups is 1. The highest BCUT2D eigenvalue weighted by atomic mass is 35.5. The van der Waals surface area contributed by atoms with E-state index in [2.05, 4.69) is 0 Å². The van der Waals surface area contributed by atoms with Crippen molar-refractivity contribution in [2.24, 2.45) is 0 Å². The predicted molar refractivity (Wildman–Crippen MR) is 52.1 cm³/mol. The molecule has 0 saturated heterocycles. The van der Waals surface area contributed by atoms with E-state index in [-0.39, 0.29) is 17.2 Å². The summed E-state index contributed by atoms with van der Waals surface area (Å²) in [4.78, 5) is 11.3. The molecule has 0 aliphatic rings. The molecule has 0 fully saturated rings. The van der Waals surface area contributed by atoms with E-state index < -0.39 is 11.8 Å². The minimum Gasteiger partial charge on any atom is -0.462 e.